The highest BCUT2D eigenvalue weighted by atomic mass is 16.5. The lowest BCUT2D eigenvalue weighted by Crippen LogP contribution is -2.39. The monoisotopic (exact) mass is 350 g/mol. The molecule has 0 aliphatic heterocycles. The summed E-state index contributed by atoms with van der Waals surface area (Å²) in [5, 5.41) is 2.65. The molecule has 0 bridgehead atoms. The Hall–Kier alpha value is -2.57. The Morgan fingerprint density at radius 3 is 2.44 bits per heavy atom. The Kier molecular flexibility index (Phi) is 9.74. The van der Waals surface area contributed by atoms with Crippen LogP contribution in [0.25, 0.3) is 0 Å². The minimum atomic E-state index is -0.347. The molecule has 138 valence electrons. The van der Waals surface area contributed by atoms with Crippen molar-refractivity contribution in [2.75, 3.05) is 32.8 Å². The van der Waals surface area contributed by atoms with E-state index in [-0.39, 0.29) is 43.8 Å². The standard InChI is InChI=1S/C18H26N2O5/c1-3-24-18(23)9-12-20(13-11-19-15(2)21)17(22)10-14-25-16-7-5-4-6-8-16/h4-8H,3,9-14H2,1-2H3,(H,19,21). The topological polar surface area (TPSA) is 84.9 Å². The second-order valence-corrected chi connectivity index (χ2v) is 5.33. The summed E-state index contributed by atoms with van der Waals surface area (Å²) < 4.78 is 10.4. The Balaban J connectivity index is 2.45. The molecule has 0 aromatic heterocycles. The van der Waals surface area contributed by atoms with E-state index in [4.69, 9.17) is 9.47 Å². The number of carbonyl (C=O) groups excluding carboxylic acids is 3. The smallest absolute Gasteiger partial charge is 0.307 e. The van der Waals surface area contributed by atoms with Gasteiger partial charge in [-0.05, 0) is 19.1 Å². The molecule has 0 radical (unpaired) electrons. The lowest BCUT2D eigenvalue weighted by molar-refractivity contribution is -0.144. The third kappa shape index (κ3) is 9.34. The molecule has 2 amide bonds. The summed E-state index contributed by atoms with van der Waals surface area (Å²) >= 11 is 0. The predicted molar refractivity (Wildman–Crippen MR) is 93.1 cm³/mol. The summed E-state index contributed by atoms with van der Waals surface area (Å²) in [6.45, 7) is 4.63. The van der Waals surface area contributed by atoms with E-state index in [1.807, 2.05) is 30.3 Å². The van der Waals surface area contributed by atoms with Crippen molar-refractivity contribution < 1.29 is 23.9 Å². The Morgan fingerprint density at radius 2 is 1.80 bits per heavy atom. The molecular weight excluding hydrogens is 324 g/mol. The van der Waals surface area contributed by atoms with Gasteiger partial charge in [-0.2, -0.15) is 0 Å². The lowest BCUT2D eigenvalue weighted by atomic mass is 10.3. The fourth-order valence-electron chi connectivity index (χ4n) is 2.12. The van der Waals surface area contributed by atoms with Crippen LogP contribution in [0.4, 0.5) is 0 Å². The number of esters is 1. The second-order valence-electron chi connectivity index (χ2n) is 5.33. The first-order valence-electron chi connectivity index (χ1n) is 8.38. The van der Waals surface area contributed by atoms with Crippen LogP contribution in [0.2, 0.25) is 0 Å². The average Bonchev–Trinajstić information content (AvgIpc) is 2.58. The van der Waals surface area contributed by atoms with E-state index < -0.39 is 0 Å². The molecule has 25 heavy (non-hydrogen) atoms. The quantitative estimate of drug-likeness (QED) is 0.609. The highest BCUT2D eigenvalue weighted by Gasteiger charge is 2.15. The van der Waals surface area contributed by atoms with Gasteiger partial charge in [-0.1, -0.05) is 18.2 Å². The van der Waals surface area contributed by atoms with Gasteiger partial charge in [0.25, 0.3) is 0 Å². The number of hydrogen-bond acceptors (Lipinski definition) is 5. The van der Waals surface area contributed by atoms with E-state index in [1.54, 1.807) is 11.8 Å². The van der Waals surface area contributed by atoms with Crippen molar-refractivity contribution in [2.24, 2.45) is 0 Å². The van der Waals surface area contributed by atoms with Crippen molar-refractivity contribution >= 4 is 17.8 Å². The summed E-state index contributed by atoms with van der Waals surface area (Å²) in [6.07, 6.45) is 0.316. The minimum absolute atomic E-state index is 0.124. The van der Waals surface area contributed by atoms with Crippen LogP contribution < -0.4 is 10.1 Å². The van der Waals surface area contributed by atoms with Gasteiger partial charge in [-0.15, -0.1) is 0 Å². The summed E-state index contributed by atoms with van der Waals surface area (Å²) in [5.74, 6) is 0.0581. The summed E-state index contributed by atoms with van der Waals surface area (Å²) in [6, 6.07) is 9.24. The van der Waals surface area contributed by atoms with Crippen molar-refractivity contribution in [1.29, 1.82) is 0 Å². The average molecular weight is 350 g/mol. The zero-order valence-corrected chi connectivity index (χ0v) is 14.8. The third-order valence-corrected chi connectivity index (χ3v) is 3.33. The number of carbonyl (C=O) groups is 3. The number of benzene rings is 1. The van der Waals surface area contributed by atoms with Crippen molar-refractivity contribution in [2.45, 2.75) is 26.7 Å². The number of nitrogens with zero attached hydrogens (tertiary/aromatic N) is 1. The van der Waals surface area contributed by atoms with Crippen LogP contribution in [0.3, 0.4) is 0 Å². The lowest BCUT2D eigenvalue weighted by Gasteiger charge is -2.22. The van der Waals surface area contributed by atoms with Crippen LogP contribution in [-0.2, 0) is 19.1 Å². The van der Waals surface area contributed by atoms with E-state index in [9.17, 15) is 14.4 Å². The fourth-order valence-corrected chi connectivity index (χ4v) is 2.12. The first-order chi connectivity index (χ1) is 12.0. The van der Waals surface area contributed by atoms with Gasteiger partial charge >= 0.3 is 5.97 Å². The molecule has 0 aliphatic rings. The van der Waals surface area contributed by atoms with Gasteiger partial charge < -0.3 is 19.7 Å². The summed E-state index contributed by atoms with van der Waals surface area (Å²) in [5.41, 5.74) is 0. The molecule has 0 heterocycles. The van der Waals surface area contributed by atoms with Crippen molar-refractivity contribution in [1.82, 2.24) is 10.2 Å². The maximum absolute atomic E-state index is 12.4. The molecule has 0 unspecified atom stereocenters. The molecule has 0 saturated carbocycles. The molecule has 7 nitrogen and oxygen atoms in total. The third-order valence-electron chi connectivity index (χ3n) is 3.33. The SMILES string of the molecule is CCOC(=O)CCN(CCNC(C)=O)C(=O)CCOc1ccccc1. The van der Waals surface area contributed by atoms with E-state index in [0.29, 0.717) is 25.4 Å². The number of ether oxygens (including phenoxy) is 2. The molecule has 1 rings (SSSR count). The molecule has 0 atom stereocenters. The molecule has 1 aromatic rings. The predicted octanol–water partition coefficient (Wildman–Crippen LogP) is 1.37. The highest BCUT2D eigenvalue weighted by molar-refractivity contribution is 5.77. The Labute approximate surface area is 148 Å². The van der Waals surface area contributed by atoms with E-state index >= 15 is 0 Å². The van der Waals surface area contributed by atoms with E-state index in [2.05, 4.69) is 5.32 Å². The number of para-hydroxylation sites is 1. The van der Waals surface area contributed by atoms with Gasteiger partial charge in [0.05, 0.1) is 26.1 Å². The zero-order chi connectivity index (χ0) is 18.5. The maximum Gasteiger partial charge on any atom is 0.307 e. The molecule has 0 saturated heterocycles. The second kappa shape index (κ2) is 11.9. The number of hydrogen-bond donors (Lipinski definition) is 1. The molecule has 7 heteroatoms. The summed E-state index contributed by atoms with van der Waals surface area (Å²) in [7, 11) is 0. The fraction of sp³-hybridized carbons (Fsp3) is 0.500. The van der Waals surface area contributed by atoms with Crippen molar-refractivity contribution in [3.8, 4) is 5.75 Å². The molecule has 0 fully saturated rings. The van der Waals surface area contributed by atoms with Gasteiger partial charge in [0.15, 0.2) is 0 Å². The van der Waals surface area contributed by atoms with Gasteiger partial charge in [0.1, 0.15) is 5.75 Å². The molecule has 0 aliphatic carbocycles. The van der Waals surface area contributed by atoms with Crippen LogP contribution in [0.1, 0.15) is 26.7 Å². The van der Waals surface area contributed by atoms with E-state index in [0.717, 1.165) is 0 Å². The Morgan fingerprint density at radius 1 is 1.08 bits per heavy atom. The van der Waals surface area contributed by atoms with Gasteiger partial charge in [0, 0.05) is 26.6 Å². The molecule has 1 N–H and O–H groups in total. The van der Waals surface area contributed by atoms with Crippen molar-refractivity contribution in [3.63, 3.8) is 0 Å². The molecule has 0 spiro atoms. The molecular formula is C18H26N2O5. The first kappa shape index (κ1) is 20.5. The normalized spacial score (nSPS) is 10.0. The first-order valence-corrected chi connectivity index (χ1v) is 8.38. The van der Waals surface area contributed by atoms with Crippen LogP contribution in [0, 0.1) is 0 Å². The van der Waals surface area contributed by atoms with Crippen LogP contribution in [-0.4, -0.2) is 55.5 Å². The van der Waals surface area contributed by atoms with Crippen LogP contribution in [0.5, 0.6) is 5.75 Å². The minimum Gasteiger partial charge on any atom is -0.493 e. The number of rotatable bonds is 11. The largest absolute Gasteiger partial charge is 0.493 e. The van der Waals surface area contributed by atoms with Gasteiger partial charge in [-0.25, -0.2) is 0 Å². The number of amides is 2. The summed E-state index contributed by atoms with van der Waals surface area (Å²) in [4.78, 5) is 36.4. The van der Waals surface area contributed by atoms with Crippen molar-refractivity contribution in [3.05, 3.63) is 30.3 Å². The van der Waals surface area contributed by atoms with Gasteiger partial charge in [-0.3, -0.25) is 14.4 Å². The highest BCUT2D eigenvalue weighted by Crippen LogP contribution is 2.09. The van der Waals surface area contributed by atoms with E-state index in [1.165, 1.54) is 6.92 Å². The van der Waals surface area contributed by atoms with Gasteiger partial charge in [0.2, 0.25) is 11.8 Å². The maximum atomic E-state index is 12.4. The molecule has 1 aromatic carbocycles. The zero-order valence-electron chi connectivity index (χ0n) is 14.8. The Bertz CT molecular complexity index is 548. The van der Waals surface area contributed by atoms with Crippen LogP contribution in [0.15, 0.2) is 30.3 Å². The van der Waals surface area contributed by atoms with Crippen LogP contribution >= 0.6 is 0 Å². The number of nitrogens with one attached hydrogen (secondary N) is 1.